The predicted octanol–water partition coefficient (Wildman–Crippen LogP) is 2.34. The molecule has 1 rings (SSSR count). The van der Waals surface area contributed by atoms with Crippen molar-refractivity contribution in [2.24, 2.45) is 5.73 Å². The van der Waals surface area contributed by atoms with Crippen LogP contribution in [0.15, 0.2) is 14.7 Å². The van der Waals surface area contributed by atoms with Gasteiger partial charge in [0.15, 0.2) is 0 Å². The molecule has 1 heterocycles. The van der Waals surface area contributed by atoms with Gasteiger partial charge in [-0.1, -0.05) is 0 Å². The molecular formula is C10H17BrN2O2S3. The molecular weight excluding hydrogens is 356 g/mol. The predicted molar refractivity (Wildman–Crippen MR) is 82.7 cm³/mol. The molecule has 0 radical (unpaired) electrons. The molecule has 0 bridgehead atoms. The summed E-state index contributed by atoms with van der Waals surface area (Å²) in [5.74, 6) is 0.765. The van der Waals surface area contributed by atoms with Gasteiger partial charge in [0.1, 0.15) is 4.90 Å². The van der Waals surface area contributed by atoms with E-state index in [-0.39, 0.29) is 6.04 Å². The molecule has 0 saturated heterocycles. The van der Waals surface area contributed by atoms with Crippen LogP contribution < -0.4 is 5.73 Å². The van der Waals surface area contributed by atoms with Gasteiger partial charge >= 0.3 is 0 Å². The Bertz CT molecular complexity index is 501. The Kier molecular flexibility index (Phi) is 6.14. The van der Waals surface area contributed by atoms with Gasteiger partial charge in [-0.15, -0.1) is 11.3 Å². The van der Waals surface area contributed by atoms with Gasteiger partial charge in [-0.05, 0) is 35.2 Å². The minimum atomic E-state index is -3.45. The second-order valence-electron chi connectivity index (χ2n) is 3.88. The van der Waals surface area contributed by atoms with Crippen molar-refractivity contribution in [2.75, 3.05) is 19.1 Å². The van der Waals surface area contributed by atoms with Crippen molar-refractivity contribution in [1.29, 1.82) is 0 Å². The zero-order chi connectivity index (χ0) is 13.9. The lowest BCUT2D eigenvalue weighted by Gasteiger charge is -2.23. The molecule has 0 amide bonds. The number of thiophene rings is 1. The van der Waals surface area contributed by atoms with Crippen LogP contribution in [0.3, 0.4) is 0 Å². The summed E-state index contributed by atoms with van der Waals surface area (Å²) in [7, 11) is -1.84. The molecule has 2 N–H and O–H groups in total. The van der Waals surface area contributed by atoms with Crippen molar-refractivity contribution in [2.45, 2.75) is 24.4 Å². The SMILES string of the molecule is CSCC(C)N(C)S(=O)(=O)c1cc(CN)sc1Br. The molecule has 1 aromatic heterocycles. The van der Waals surface area contributed by atoms with Crippen molar-refractivity contribution in [3.05, 3.63) is 14.7 Å². The summed E-state index contributed by atoms with van der Waals surface area (Å²) in [6.45, 7) is 2.25. The normalized spacial score (nSPS) is 14.1. The van der Waals surface area contributed by atoms with E-state index in [2.05, 4.69) is 15.9 Å². The molecule has 1 aromatic rings. The van der Waals surface area contributed by atoms with E-state index in [0.717, 1.165) is 10.6 Å². The van der Waals surface area contributed by atoms with Crippen molar-refractivity contribution >= 4 is 49.1 Å². The quantitative estimate of drug-likeness (QED) is 0.832. The minimum Gasteiger partial charge on any atom is -0.326 e. The van der Waals surface area contributed by atoms with Crippen molar-refractivity contribution in [1.82, 2.24) is 4.31 Å². The maximum Gasteiger partial charge on any atom is 0.245 e. The molecule has 0 aliphatic rings. The van der Waals surface area contributed by atoms with Gasteiger partial charge < -0.3 is 5.73 Å². The van der Waals surface area contributed by atoms with E-state index in [1.54, 1.807) is 24.9 Å². The molecule has 0 saturated carbocycles. The van der Waals surface area contributed by atoms with Gasteiger partial charge in [0.2, 0.25) is 10.0 Å². The fourth-order valence-electron chi connectivity index (χ4n) is 1.41. The molecule has 104 valence electrons. The first-order valence-corrected chi connectivity index (χ1v) is 9.74. The van der Waals surface area contributed by atoms with E-state index in [4.69, 9.17) is 5.73 Å². The molecule has 0 spiro atoms. The zero-order valence-electron chi connectivity index (χ0n) is 10.5. The van der Waals surface area contributed by atoms with Crippen molar-refractivity contribution < 1.29 is 8.42 Å². The largest absolute Gasteiger partial charge is 0.326 e. The van der Waals surface area contributed by atoms with Gasteiger partial charge in [-0.25, -0.2) is 8.42 Å². The van der Waals surface area contributed by atoms with E-state index >= 15 is 0 Å². The summed E-state index contributed by atoms with van der Waals surface area (Å²) in [4.78, 5) is 1.16. The van der Waals surface area contributed by atoms with E-state index < -0.39 is 10.0 Å². The van der Waals surface area contributed by atoms with Gasteiger partial charge in [0, 0.05) is 30.3 Å². The van der Waals surface area contributed by atoms with Gasteiger partial charge in [-0.2, -0.15) is 16.1 Å². The lowest BCUT2D eigenvalue weighted by molar-refractivity contribution is 0.415. The van der Waals surface area contributed by atoms with Gasteiger partial charge in [0.05, 0.1) is 3.79 Å². The maximum atomic E-state index is 12.5. The van der Waals surface area contributed by atoms with E-state index in [9.17, 15) is 8.42 Å². The number of thioether (sulfide) groups is 1. The first-order valence-electron chi connectivity index (χ1n) is 5.29. The number of nitrogens with zero attached hydrogens (tertiary/aromatic N) is 1. The lowest BCUT2D eigenvalue weighted by Crippen LogP contribution is -2.36. The Balaban J connectivity index is 3.08. The molecule has 0 aliphatic heterocycles. The van der Waals surface area contributed by atoms with Crippen molar-refractivity contribution in [3.63, 3.8) is 0 Å². The Morgan fingerprint density at radius 2 is 2.22 bits per heavy atom. The summed E-state index contributed by atoms with van der Waals surface area (Å²) >= 11 is 6.29. The second-order valence-corrected chi connectivity index (χ2v) is 9.21. The highest BCUT2D eigenvalue weighted by molar-refractivity contribution is 9.11. The molecule has 0 fully saturated rings. The summed E-state index contributed by atoms with van der Waals surface area (Å²) in [6, 6.07) is 1.60. The van der Waals surface area contributed by atoms with Gasteiger partial charge in [0.25, 0.3) is 0 Å². The number of nitrogens with two attached hydrogens (primary N) is 1. The Morgan fingerprint density at radius 3 is 2.67 bits per heavy atom. The second kappa shape index (κ2) is 6.71. The van der Waals surface area contributed by atoms with Crippen LogP contribution in [-0.2, 0) is 16.6 Å². The molecule has 0 aliphatic carbocycles. The zero-order valence-corrected chi connectivity index (χ0v) is 14.5. The summed E-state index contributed by atoms with van der Waals surface area (Å²) in [5.41, 5.74) is 5.54. The van der Waals surface area contributed by atoms with Crippen LogP contribution >= 0.6 is 39.0 Å². The fourth-order valence-corrected chi connectivity index (χ4v) is 6.08. The summed E-state index contributed by atoms with van der Waals surface area (Å²) in [6.07, 6.45) is 1.96. The Morgan fingerprint density at radius 1 is 1.61 bits per heavy atom. The number of sulfonamides is 1. The van der Waals surface area contributed by atoms with Crippen LogP contribution in [0.25, 0.3) is 0 Å². The van der Waals surface area contributed by atoms with Crippen LogP contribution in [0.1, 0.15) is 11.8 Å². The summed E-state index contributed by atoms with van der Waals surface area (Å²) in [5, 5.41) is 0. The number of hydrogen-bond donors (Lipinski definition) is 1. The monoisotopic (exact) mass is 372 g/mol. The lowest BCUT2D eigenvalue weighted by atomic mass is 10.4. The maximum absolute atomic E-state index is 12.5. The molecule has 1 atom stereocenters. The fraction of sp³-hybridized carbons (Fsp3) is 0.600. The standard InChI is InChI=1S/C10H17BrN2O2S3/c1-7(6-16-3)13(2)18(14,15)9-4-8(5-12)17-10(9)11/h4,7H,5-6,12H2,1-3H3. The van der Waals surface area contributed by atoms with Crippen LogP contribution in [0.5, 0.6) is 0 Å². The Labute approximate surface area is 125 Å². The third-order valence-electron chi connectivity index (χ3n) is 2.59. The van der Waals surface area contributed by atoms with E-state index in [1.165, 1.54) is 15.6 Å². The molecule has 8 heteroatoms. The number of hydrogen-bond acceptors (Lipinski definition) is 5. The van der Waals surface area contributed by atoms with Gasteiger partial charge in [-0.3, -0.25) is 0 Å². The first kappa shape index (κ1) is 16.5. The highest BCUT2D eigenvalue weighted by atomic mass is 79.9. The first-order chi connectivity index (χ1) is 8.34. The minimum absolute atomic E-state index is 0.0434. The average molecular weight is 373 g/mol. The smallest absolute Gasteiger partial charge is 0.245 e. The average Bonchev–Trinajstić information content (AvgIpc) is 2.70. The molecule has 0 aromatic carbocycles. The molecule has 1 unspecified atom stereocenters. The van der Waals surface area contributed by atoms with E-state index in [0.29, 0.717) is 15.2 Å². The van der Waals surface area contributed by atoms with Crippen LogP contribution in [0, 0.1) is 0 Å². The molecule has 18 heavy (non-hydrogen) atoms. The number of rotatable bonds is 6. The highest BCUT2D eigenvalue weighted by Crippen LogP contribution is 2.33. The third kappa shape index (κ3) is 3.49. The number of halogens is 1. The van der Waals surface area contributed by atoms with Crippen LogP contribution in [-0.4, -0.2) is 37.8 Å². The highest BCUT2D eigenvalue weighted by Gasteiger charge is 2.28. The van der Waals surface area contributed by atoms with Crippen LogP contribution in [0.2, 0.25) is 0 Å². The summed E-state index contributed by atoms with van der Waals surface area (Å²) < 4.78 is 26.9. The van der Waals surface area contributed by atoms with Crippen LogP contribution in [0.4, 0.5) is 0 Å². The topological polar surface area (TPSA) is 63.4 Å². The van der Waals surface area contributed by atoms with E-state index in [1.807, 2.05) is 13.2 Å². The Hall–Kier alpha value is 0.400. The third-order valence-corrected chi connectivity index (χ3v) is 7.66. The van der Waals surface area contributed by atoms with Crippen molar-refractivity contribution in [3.8, 4) is 0 Å². The molecule has 4 nitrogen and oxygen atoms in total.